The Morgan fingerprint density at radius 2 is 2.23 bits per heavy atom. The molecule has 0 aromatic heterocycles. The van der Waals surface area contributed by atoms with Gasteiger partial charge in [0.15, 0.2) is 0 Å². The fourth-order valence-corrected chi connectivity index (χ4v) is 2.68. The first-order chi connectivity index (χ1) is 6.22. The molecular weight excluding hydrogens is 180 g/mol. The predicted octanol–water partition coefficient (Wildman–Crippen LogP) is 4.09. The highest BCUT2D eigenvalue weighted by Gasteiger charge is 2.22. The molecule has 13 heavy (non-hydrogen) atoms. The second-order valence-electron chi connectivity index (χ2n) is 3.93. The minimum Gasteiger partial charge on any atom is -0.0843 e. The number of hydrogen-bond donors (Lipinski definition) is 0. The zero-order chi connectivity index (χ0) is 9.42. The lowest BCUT2D eigenvalue weighted by molar-refractivity contribution is 0.656. The maximum Gasteiger partial charge on any atom is 0.0411 e. The third kappa shape index (κ3) is 1.48. The topological polar surface area (TPSA) is 0 Å². The summed E-state index contributed by atoms with van der Waals surface area (Å²) in [6.45, 7) is 4.43. The second kappa shape index (κ2) is 3.34. The maximum atomic E-state index is 6.05. The largest absolute Gasteiger partial charge is 0.0843 e. The zero-order valence-electron chi connectivity index (χ0n) is 8.23. The quantitative estimate of drug-likeness (QED) is 0.632. The van der Waals surface area contributed by atoms with Crippen molar-refractivity contribution < 1.29 is 0 Å². The lowest BCUT2D eigenvalue weighted by Gasteiger charge is -2.09. The molecule has 0 amide bonds. The van der Waals surface area contributed by atoms with Gasteiger partial charge in [-0.2, -0.15) is 0 Å². The van der Waals surface area contributed by atoms with Crippen molar-refractivity contribution in [1.82, 2.24) is 0 Å². The highest BCUT2D eigenvalue weighted by atomic mass is 35.5. The van der Waals surface area contributed by atoms with Crippen LogP contribution in [0.3, 0.4) is 0 Å². The van der Waals surface area contributed by atoms with Crippen molar-refractivity contribution in [3.05, 3.63) is 33.8 Å². The van der Waals surface area contributed by atoms with Crippen LogP contribution in [0.1, 0.15) is 42.4 Å². The van der Waals surface area contributed by atoms with Crippen molar-refractivity contribution in [3.63, 3.8) is 0 Å². The summed E-state index contributed by atoms with van der Waals surface area (Å²) < 4.78 is 0. The number of hydrogen-bond acceptors (Lipinski definition) is 0. The minimum absolute atomic E-state index is 0.757. The van der Waals surface area contributed by atoms with Gasteiger partial charge >= 0.3 is 0 Å². The van der Waals surface area contributed by atoms with Gasteiger partial charge in [0.2, 0.25) is 0 Å². The van der Waals surface area contributed by atoms with E-state index < -0.39 is 0 Å². The zero-order valence-corrected chi connectivity index (χ0v) is 8.99. The Bertz CT molecular complexity index is 328. The van der Waals surface area contributed by atoms with E-state index in [1.807, 2.05) is 0 Å². The molecule has 0 aliphatic heterocycles. The summed E-state index contributed by atoms with van der Waals surface area (Å²) in [6.07, 6.45) is 3.80. The Labute approximate surface area is 84.9 Å². The molecule has 0 nitrogen and oxygen atoms in total. The molecule has 0 N–H and O–H groups in total. The standard InChI is InChI=1S/C12H15Cl/c1-3-9-4-5-11-8(2)6-10(13)7-12(9)11/h6-7,9H,3-5H2,1-2H3. The summed E-state index contributed by atoms with van der Waals surface area (Å²) in [7, 11) is 0. The molecule has 0 saturated heterocycles. The number of aryl methyl sites for hydroxylation is 1. The number of fused-ring (bicyclic) bond motifs is 1. The Balaban J connectivity index is 2.51. The summed E-state index contributed by atoms with van der Waals surface area (Å²) in [5.41, 5.74) is 4.43. The van der Waals surface area contributed by atoms with Crippen molar-refractivity contribution in [2.24, 2.45) is 0 Å². The normalized spacial score (nSPS) is 20.4. The lowest BCUT2D eigenvalue weighted by Crippen LogP contribution is -1.92. The van der Waals surface area contributed by atoms with Crippen LogP contribution < -0.4 is 0 Å². The third-order valence-electron chi connectivity index (χ3n) is 3.15. The summed E-state index contributed by atoms with van der Waals surface area (Å²) >= 11 is 6.05. The summed E-state index contributed by atoms with van der Waals surface area (Å²) in [5, 5.41) is 0.900. The molecule has 0 saturated carbocycles. The average molecular weight is 195 g/mol. The minimum atomic E-state index is 0.757. The van der Waals surface area contributed by atoms with Gasteiger partial charge in [-0.25, -0.2) is 0 Å². The van der Waals surface area contributed by atoms with Crippen LogP contribution in [0.4, 0.5) is 0 Å². The molecule has 70 valence electrons. The van der Waals surface area contributed by atoms with E-state index in [1.165, 1.54) is 30.4 Å². The molecule has 0 spiro atoms. The molecule has 1 heteroatoms. The Hall–Kier alpha value is -0.490. The lowest BCUT2D eigenvalue weighted by atomic mass is 9.97. The van der Waals surface area contributed by atoms with Crippen LogP contribution >= 0.6 is 11.6 Å². The van der Waals surface area contributed by atoms with Crippen LogP contribution in [0.25, 0.3) is 0 Å². The maximum absolute atomic E-state index is 6.05. The molecule has 1 aromatic carbocycles. The van der Waals surface area contributed by atoms with Crippen LogP contribution in [0, 0.1) is 6.92 Å². The number of halogens is 1. The summed E-state index contributed by atoms with van der Waals surface area (Å²) in [5.74, 6) is 0.757. The third-order valence-corrected chi connectivity index (χ3v) is 3.37. The molecule has 2 rings (SSSR count). The molecular formula is C12H15Cl. The van der Waals surface area contributed by atoms with Gasteiger partial charge < -0.3 is 0 Å². The van der Waals surface area contributed by atoms with Crippen molar-refractivity contribution in [3.8, 4) is 0 Å². The molecule has 0 bridgehead atoms. The second-order valence-corrected chi connectivity index (χ2v) is 4.37. The first-order valence-corrected chi connectivity index (χ1v) is 5.39. The van der Waals surface area contributed by atoms with Crippen molar-refractivity contribution >= 4 is 11.6 Å². The summed E-state index contributed by atoms with van der Waals surface area (Å²) in [4.78, 5) is 0. The van der Waals surface area contributed by atoms with E-state index in [0.717, 1.165) is 10.9 Å². The van der Waals surface area contributed by atoms with Gasteiger partial charge in [0, 0.05) is 5.02 Å². The molecule has 1 unspecified atom stereocenters. The molecule has 1 aromatic rings. The van der Waals surface area contributed by atoms with Gasteiger partial charge in [-0.05, 0) is 60.9 Å². The Kier molecular flexibility index (Phi) is 2.33. The SMILES string of the molecule is CCC1CCc2c(C)cc(Cl)cc21. The number of benzene rings is 1. The first kappa shape index (κ1) is 9.08. The molecule has 0 radical (unpaired) electrons. The van der Waals surface area contributed by atoms with E-state index in [1.54, 1.807) is 5.56 Å². The van der Waals surface area contributed by atoms with E-state index in [0.29, 0.717) is 0 Å². The highest BCUT2D eigenvalue weighted by Crippen LogP contribution is 2.38. The summed E-state index contributed by atoms with van der Waals surface area (Å²) in [6, 6.07) is 4.24. The average Bonchev–Trinajstić information content (AvgIpc) is 2.47. The van der Waals surface area contributed by atoms with Gasteiger partial charge in [-0.1, -0.05) is 18.5 Å². The predicted molar refractivity (Wildman–Crippen MR) is 57.5 cm³/mol. The van der Waals surface area contributed by atoms with Crippen LogP contribution in [0.15, 0.2) is 12.1 Å². The smallest absolute Gasteiger partial charge is 0.0411 e. The van der Waals surface area contributed by atoms with E-state index in [-0.39, 0.29) is 0 Å². The van der Waals surface area contributed by atoms with Crippen LogP contribution in [-0.2, 0) is 6.42 Å². The van der Waals surface area contributed by atoms with Crippen LogP contribution in [-0.4, -0.2) is 0 Å². The fraction of sp³-hybridized carbons (Fsp3) is 0.500. The monoisotopic (exact) mass is 194 g/mol. The molecule has 0 fully saturated rings. The highest BCUT2D eigenvalue weighted by molar-refractivity contribution is 6.30. The Morgan fingerprint density at radius 3 is 2.92 bits per heavy atom. The molecule has 1 atom stereocenters. The van der Waals surface area contributed by atoms with Crippen LogP contribution in [0.2, 0.25) is 5.02 Å². The first-order valence-electron chi connectivity index (χ1n) is 5.01. The van der Waals surface area contributed by atoms with E-state index in [4.69, 9.17) is 11.6 Å². The van der Waals surface area contributed by atoms with Gasteiger partial charge in [0.05, 0.1) is 0 Å². The van der Waals surface area contributed by atoms with Gasteiger partial charge in [0.25, 0.3) is 0 Å². The van der Waals surface area contributed by atoms with Gasteiger partial charge in [0.1, 0.15) is 0 Å². The molecule has 1 aliphatic rings. The van der Waals surface area contributed by atoms with Crippen molar-refractivity contribution in [2.45, 2.75) is 39.0 Å². The van der Waals surface area contributed by atoms with Crippen LogP contribution in [0.5, 0.6) is 0 Å². The fourth-order valence-electron chi connectivity index (χ4n) is 2.40. The van der Waals surface area contributed by atoms with E-state index >= 15 is 0 Å². The number of rotatable bonds is 1. The molecule has 0 heterocycles. The van der Waals surface area contributed by atoms with Gasteiger partial charge in [-0.15, -0.1) is 0 Å². The van der Waals surface area contributed by atoms with E-state index in [9.17, 15) is 0 Å². The van der Waals surface area contributed by atoms with Crippen molar-refractivity contribution in [1.29, 1.82) is 0 Å². The van der Waals surface area contributed by atoms with Gasteiger partial charge in [-0.3, -0.25) is 0 Å². The molecule has 1 aliphatic carbocycles. The Morgan fingerprint density at radius 1 is 1.46 bits per heavy atom. The van der Waals surface area contributed by atoms with E-state index in [2.05, 4.69) is 26.0 Å². The van der Waals surface area contributed by atoms with Crippen molar-refractivity contribution in [2.75, 3.05) is 0 Å².